The molecule has 2 amide bonds. The summed E-state index contributed by atoms with van der Waals surface area (Å²) in [4.78, 5) is 25.3. The summed E-state index contributed by atoms with van der Waals surface area (Å²) in [6, 6.07) is 7.92. The standard InChI is InChI=1S/C16H12F2N2O3/c1-20-12-7-2-4-9(15(12)23-8-13(20)21)16(22)19-14-10(17)5-3-6-11(14)18/h2-7H,8H2,1H3,(H,19,22). The molecule has 5 nitrogen and oxygen atoms in total. The third-order valence-corrected chi connectivity index (χ3v) is 3.52. The average Bonchev–Trinajstić information content (AvgIpc) is 2.54. The molecule has 0 aliphatic carbocycles. The Morgan fingerprint density at radius 1 is 1.17 bits per heavy atom. The predicted molar refractivity (Wildman–Crippen MR) is 79.7 cm³/mol. The van der Waals surface area contributed by atoms with Gasteiger partial charge in [0.25, 0.3) is 11.8 Å². The normalized spacial score (nSPS) is 13.3. The van der Waals surface area contributed by atoms with Gasteiger partial charge in [0.1, 0.15) is 17.3 Å². The predicted octanol–water partition coefficient (Wildman–Crippen LogP) is 2.57. The van der Waals surface area contributed by atoms with Gasteiger partial charge in [-0.25, -0.2) is 8.78 Å². The molecule has 0 bridgehead atoms. The minimum Gasteiger partial charge on any atom is -0.481 e. The van der Waals surface area contributed by atoms with Gasteiger partial charge in [0.2, 0.25) is 0 Å². The summed E-state index contributed by atoms with van der Waals surface area (Å²) in [6.07, 6.45) is 0. The van der Waals surface area contributed by atoms with Crippen molar-refractivity contribution in [1.29, 1.82) is 0 Å². The first-order valence-corrected chi connectivity index (χ1v) is 6.77. The maximum absolute atomic E-state index is 13.6. The van der Waals surface area contributed by atoms with Gasteiger partial charge in [-0.3, -0.25) is 9.59 Å². The van der Waals surface area contributed by atoms with E-state index in [1.54, 1.807) is 19.2 Å². The van der Waals surface area contributed by atoms with Crippen LogP contribution in [0, 0.1) is 11.6 Å². The van der Waals surface area contributed by atoms with Gasteiger partial charge in [0.05, 0.1) is 11.3 Å². The highest BCUT2D eigenvalue weighted by Gasteiger charge is 2.27. The Bertz CT molecular complexity index is 788. The summed E-state index contributed by atoms with van der Waals surface area (Å²) in [5.74, 6) is -2.54. The molecule has 1 aliphatic rings. The van der Waals surface area contributed by atoms with E-state index < -0.39 is 23.2 Å². The summed E-state index contributed by atoms with van der Waals surface area (Å²) in [5.41, 5.74) is -0.0252. The summed E-state index contributed by atoms with van der Waals surface area (Å²) in [5, 5.41) is 2.20. The fourth-order valence-corrected chi connectivity index (χ4v) is 2.28. The van der Waals surface area contributed by atoms with Gasteiger partial charge in [-0.15, -0.1) is 0 Å². The number of amides is 2. The lowest BCUT2D eigenvalue weighted by molar-refractivity contribution is -0.121. The first-order valence-electron chi connectivity index (χ1n) is 6.77. The lowest BCUT2D eigenvalue weighted by Crippen LogP contribution is -2.36. The van der Waals surface area contributed by atoms with E-state index in [2.05, 4.69) is 5.32 Å². The Labute approximate surface area is 130 Å². The molecule has 0 atom stereocenters. The van der Waals surface area contributed by atoms with Crippen LogP contribution in [0.4, 0.5) is 20.2 Å². The maximum atomic E-state index is 13.6. The molecule has 0 radical (unpaired) electrons. The smallest absolute Gasteiger partial charge is 0.264 e. The number of fused-ring (bicyclic) bond motifs is 1. The van der Waals surface area contributed by atoms with E-state index in [0.29, 0.717) is 5.69 Å². The van der Waals surface area contributed by atoms with Gasteiger partial charge in [-0.1, -0.05) is 12.1 Å². The van der Waals surface area contributed by atoms with E-state index in [0.717, 1.165) is 12.1 Å². The average molecular weight is 318 g/mol. The molecule has 118 valence electrons. The van der Waals surface area contributed by atoms with Crippen LogP contribution >= 0.6 is 0 Å². The number of hydrogen-bond acceptors (Lipinski definition) is 3. The maximum Gasteiger partial charge on any atom is 0.264 e. The number of nitrogens with zero attached hydrogens (tertiary/aromatic N) is 1. The zero-order valence-corrected chi connectivity index (χ0v) is 12.1. The van der Waals surface area contributed by atoms with Crippen LogP contribution in [-0.4, -0.2) is 25.5 Å². The zero-order chi connectivity index (χ0) is 16.6. The Balaban J connectivity index is 1.97. The fourth-order valence-electron chi connectivity index (χ4n) is 2.28. The number of carbonyl (C=O) groups is 2. The number of rotatable bonds is 2. The van der Waals surface area contributed by atoms with Crippen LogP contribution in [0.5, 0.6) is 5.75 Å². The highest BCUT2D eigenvalue weighted by molar-refractivity contribution is 6.09. The van der Waals surface area contributed by atoms with Crippen LogP contribution < -0.4 is 15.0 Å². The first kappa shape index (κ1) is 15.0. The molecule has 1 N–H and O–H groups in total. The van der Waals surface area contributed by atoms with Gasteiger partial charge >= 0.3 is 0 Å². The highest BCUT2D eigenvalue weighted by atomic mass is 19.1. The molecular weight excluding hydrogens is 306 g/mol. The summed E-state index contributed by atoms with van der Waals surface area (Å²) in [7, 11) is 1.56. The van der Waals surface area contributed by atoms with E-state index in [4.69, 9.17) is 4.74 Å². The second-order valence-corrected chi connectivity index (χ2v) is 4.95. The lowest BCUT2D eigenvalue weighted by atomic mass is 10.1. The Kier molecular flexibility index (Phi) is 3.69. The molecule has 0 spiro atoms. The second-order valence-electron chi connectivity index (χ2n) is 4.95. The van der Waals surface area contributed by atoms with E-state index in [1.807, 2.05) is 0 Å². The van der Waals surface area contributed by atoms with Gasteiger partial charge in [-0.05, 0) is 24.3 Å². The summed E-state index contributed by atoms with van der Waals surface area (Å²) < 4.78 is 32.6. The number of nitrogens with one attached hydrogen (secondary N) is 1. The van der Waals surface area contributed by atoms with E-state index in [-0.39, 0.29) is 23.8 Å². The molecule has 0 fully saturated rings. The third kappa shape index (κ3) is 2.61. The topological polar surface area (TPSA) is 58.6 Å². The molecule has 1 heterocycles. The van der Waals surface area contributed by atoms with Crippen molar-refractivity contribution in [3.8, 4) is 5.75 Å². The van der Waals surface area contributed by atoms with Crippen molar-refractivity contribution < 1.29 is 23.1 Å². The first-order chi connectivity index (χ1) is 11.0. The van der Waals surface area contributed by atoms with Gasteiger partial charge in [0, 0.05) is 7.05 Å². The molecule has 0 aromatic heterocycles. The molecule has 23 heavy (non-hydrogen) atoms. The zero-order valence-electron chi connectivity index (χ0n) is 12.1. The quantitative estimate of drug-likeness (QED) is 0.926. The number of ether oxygens (including phenoxy) is 1. The number of para-hydroxylation sites is 2. The Morgan fingerprint density at radius 3 is 2.52 bits per heavy atom. The van der Waals surface area contributed by atoms with Crippen LogP contribution in [-0.2, 0) is 4.79 Å². The van der Waals surface area contributed by atoms with Crippen molar-refractivity contribution in [3.05, 3.63) is 53.6 Å². The van der Waals surface area contributed by atoms with Crippen LogP contribution in [0.15, 0.2) is 36.4 Å². The van der Waals surface area contributed by atoms with Crippen molar-refractivity contribution in [2.75, 3.05) is 23.9 Å². The van der Waals surface area contributed by atoms with Crippen LogP contribution in [0.2, 0.25) is 0 Å². The van der Waals surface area contributed by atoms with Crippen molar-refractivity contribution in [1.82, 2.24) is 0 Å². The number of likely N-dealkylation sites (N-methyl/N-ethyl adjacent to an activating group) is 1. The van der Waals surface area contributed by atoms with Gasteiger partial charge in [0.15, 0.2) is 12.4 Å². The number of halogens is 2. The molecule has 0 unspecified atom stereocenters. The van der Waals surface area contributed by atoms with E-state index in [1.165, 1.54) is 17.0 Å². The van der Waals surface area contributed by atoms with Crippen molar-refractivity contribution in [3.63, 3.8) is 0 Å². The van der Waals surface area contributed by atoms with Crippen LogP contribution in [0.1, 0.15) is 10.4 Å². The number of anilines is 2. The van der Waals surface area contributed by atoms with Crippen molar-refractivity contribution >= 4 is 23.2 Å². The molecule has 0 saturated heterocycles. The fraction of sp³-hybridized carbons (Fsp3) is 0.125. The number of benzene rings is 2. The van der Waals surface area contributed by atoms with Gasteiger partial charge in [-0.2, -0.15) is 0 Å². The Hall–Kier alpha value is -2.96. The number of carbonyl (C=O) groups excluding carboxylic acids is 2. The van der Waals surface area contributed by atoms with Crippen LogP contribution in [0.3, 0.4) is 0 Å². The summed E-state index contributed by atoms with van der Waals surface area (Å²) in [6.45, 7) is -0.206. The molecule has 1 aliphatic heterocycles. The minimum absolute atomic E-state index is 0.0875. The summed E-state index contributed by atoms with van der Waals surface area (Å²) >= 11 is 0. The third-order valence-electron chi connectivity index (χ3n) is 3.52. The molecular formula is C16H12F2N2O3. The monoisotopic (exact) mass is 318 g/mol. The van der Waals surface area contributed by atoms with Crippen molar-refractivity contribution in [2.24, 2.45) is 0 Å². The minimum atomic E-state index is -0.878. The number of hydrogen-bond donors (Lipinski definition) is 1. The molecule has 0 saturated carbocycles. The SMILES string of the molecule is CN1C(=O)COc2c(C(=O)Nc3c(F)cccc3F)cccc21. The second kappa shape index (κ2) is 5.68. The lowest BCUT2D eigenvalue weighted by Gasteiger charge is -2.27. The molecule has 7 heteroatoms. The Morgan fingerprint density at radius 2 is 1.83 bits per heavy atom. The van der Waals surface area contributed by atoms with Crippen LogP contribution in [0.25, 0.3) is 0 Å². The molecule has 2 aromatic rings. The largest absolute Gasteiger partial charge is 0.481 e. The van der Waals surface area contributed by atoms with E-state index in [9.17, 15) is 18.4 Å². The van der Waals surface area contributed by atoms with Crippen molar-refractivity contribution in [2.45, 2.75) is 0 Å². The molecule has 2 aromatic carbocycles. The van der Waals surface area contributed by atoms with Gasteiger partial charge < -0.3 is 15.0 Å². The van der Waals surface area contributed by atoms with E-state index >= 15 is 0 Å². The molecule has 3 rings (SSSR count). The highest BCUT2D eigenvalue weighted by Crippen LogP contribution is 2.35.